The van der Waals surface area contributed by atoms with Gasteiger partial charge in [0.15, 0.2) is 0 Å². The molecule has 0 bridgehead atoms. The maximum atomic E-state index is 5.94. The van der Waals surface area contributed by atoms with Crippen molar-refractivity contribution < 1.29 is 4.74 Å². The van der Waals surface area contributed by atoms with Crippen molar-refractivity contribution in [2.75, 3.05) is 6.61 Å². The summed E-state index contributed by atoms with van der Waals surface area (Å²) < 4.78 is 5.83. The Hall–Kier alpha value is -0.690. The van der Waals surface area contributed by atoms with Gasteiger partial charge in [0.25, 0.3) is 0 Å². The molecule has 0 aromatic heterocycles. The van der Waals surface area contributed by atoms with Gasteiger partial charge in [0.2, 0.25) is 0 Å². The molecule has 0 spiro atoms. The summed E-state index contributed by atoms with van der Waals surface area (Å²) in [6.45, 7) is 2.87. The van der Waals surface area contributed by atoms with Crippen LogP contribution in [0.25, 0.3) is 0 Å². The second-order valence-electron chi connectivity index (χ2n) is 6.11. The minimum Gasteiger partial charge on any atom is -0.493 e. The van der Waals surface area contributed by atoms with E-state index in [1.807, 2.05) is 25.1 Å². The predicted octanol–water partition coefficient (Wildman–Crippen LogP) is 6.17. The van der Waals surface area contributed by atoms with Gasteiger partial charge >= 0.3 is 0 Å². The Balaban J connectivity index is 1.55. The molecule has 0 N–H and O–H groups in total. The molecule has 2 rings (SSSR count). The second-order valence-corrected chi connectivity index (χ2v) is 6.55. The number of benzene rings is 1. The fraction of sp³-hybridized carbons (Fsp3) is 0.667. The third kappa shape index (κ3) is 5.36. The van der Waals surface area contributed by atoms with Crippen LogP contribution in [0.3, 0.4) is 0 Å². The molecule has 2 heteroatoms. The minimum atomic E-state index is 0.780. The lowest BCUT2D eigenvalue weighted by atomic mass is 9.86. The minimum absolute atomic E-state index is 0.780. The fourth-order valence-corrected chi connectivity index (χ4v) is 3.37. The number of hydrogen-bond donors (Lipinski definition) is 0. The van der Waals surface area contributed by atoms with E-state index in [9.17, 15) is 0 Å². The van der Waals surface area contributed by atoms with Gasteiger partial charge in [0.05, 0.1) is 6.61 Å². The standard InChI is InChI=1S/C18H27ClO/c1-15-14-17(19)11-12-18(15)20-13-7-3-6-10-16-8-4-2-5-9-16/h11-12,14,16H,2-10,13H2,1H3. The van der Waals surface area contributed by atoms with E-state index in [-0.39, 0.29) is 0 Å². The molecule has 1 saturated carbocycles. The Kier molecular flexibility index (Phi) is 6.72. The number of hydrogen-bond acceptors (Lipinski definition) is 1. The molecular formula is C18H27ClO. The van der Waals surface area contributed by atoms with Crippen molar-refractivity contribution >= 4 is 11.6 Å². The first kappa shape index (κ1) is 15.7. The summed E-state index contributed by atoms with van der Waals surface area (Å²) >= 11 is 5.94. The highest BCUT2D eigenvalue weighted by atomic mass is 35.5. The largest absolute Gasteiger partial charge is 0.493 e. The zero-order chi connectivity index (χ0) is 14.2. The normalized spacial score (nSPS) is 16.3. The van der Waals surface area contributed by atoms with E-state index >= 15 is 0 Å². The maximum Gasteiger partial charge on any atom is 0.122 e. The highest BCUT2D eigenvalue weighted by molar-refractivity contribution is 6.30. The van der Waals surface area contributed by atoms with Crippen LogP contribution in [0.4, 0.5) is 0 Å². The van der Waals surface area contributed by atoms with Gasteiger partial charge < -0.3 is 4.74 Å². The number of ether oxygens (including phenoxy) is 1. The van der Waals surface area contributed by atoms with E-state index in [1.165, 1.54) is 51.4 Å². The van der Waals surface area contributed by atoms with Gasteiger partial charge in [-0.15, -0.1) is 0 Å². The first-order chi connectivity index (χ1) is 9.75. The molecule has 1 aliphatic carbocycles. The highest BCUT2D eigenvalue weighted by Crippen LogP contribution is 2.28. The van der Waals surface area contributed by atoms with E-state index in [2.05, 4.69) is 0 Å². The Morgan fingerprint density at radius 3 is 2.65 bits per heavy atom. The molecule has 1 fully saturated rings. The molecule has 20 heavy (non-hydrogen) atoms. The average Bonchev–Trinajstić information content (AvgIpc) is 2.46. The molecular weight excluding hydrogens is 268 g/mol. The van der Waals surface area contributed by atoms with E-state index in [0.717, 1.165) is 35.3 Å². The smallest absolute Gasteiger partial charge is 0.122 e. The van der Waals surface area contributed by atoms with Crippen molar-refractivity contribution in [1.82, 2.24) is 0 Å². The van der Waals surface area contributed by atoms with E-state index < -0.39 is 0 Å². The van der Waals surface area contributed by atoms with Crippen molar-refractivity contribution in [2.24, 2.45) is 5.92 Å². The maximum absolute atomic E-state index is 5.94. The van der Waals surface area contributed by atoms with Crippen molar-refractivity contribution in [2.45, 2.75) is 64.7 Å². The first-order valence-corrected chi connectivity index (χ1v) is 8.52. The lowest BCUT2D eigenvalue weighted by molar-refractivity contribution is 0.291. The molecule has 0 unspecified atom stereocenters. The SMILES string of the molecule is Cc1cc(Cl)ccc1OCCCCCC1CCCCC1. The Morgan fingerprint density at radius 2 is 1.90 bits per heavy atom. The van der Waals surface area contributed by atoms with Crippen LogP contribution in [0.15, 0.2) is 18.2 Å². The molecule has 0 saturated heterocycles. The molecule has 0 heterocycles. The van der Waals surface area contributed by atoms with Crippen LogP contribution < -0.4 is 4.74 Å². The number of aryl methyl sites for hydroxylation is 1. The molecule has 1 nitrogen and oxygen atoms in total. The second kappa shape index (κ2) is 8.56. The van der Waals surface area contributed by atoms with Gasteiger partial charge in [0, 0.05) is 5.02 Å². The number of unbranched alkanes of at least 4 members (excludes halogenated alkanes) is 2. The molecule has 0 radical (unpaired) electrons. The van der Waals surface area contributed by atoms with Gasteiger partial charge in [-0.3, -0.25) is 0 Å². The number of rotatable bonds is 7. The third-order valence-electron chi connectivity index (χ3n) is 4.38. The van der Waals surface area contributed by atoms with Crippen LogP contribution in [0.5, 0.6) is 5.75 Å². The van der Waals surface area contributed by atoms with Crippen LogP contribution in [0, 0.1) is 12.8 Å². The highest BCUT2D eigenvalue weighted by Gasteiger charge is 2.12. The van der Waals surface area contributed by atoms with Gasteiger partial charge in [-0.25, -0.2) is 0 Å². The van der Waals surface area contributed by atoms with Crippen LogP contribution in [-0.4, -0.2) is 6.61 Å². The van der Waals surface area contributed by atoms with Crippen LogP contribution in [0.1, 0.15) is 63.4 Å². The molecule has 1 aromatic rings. The average molecular weight is 295 g/mol. The molecule has 0 atom stereocenters. The monoisotopic (exact) mass is 294 g/mol. The first-order valence-electron chi connectivity index (χ1n) is 8.14. The van der Waals surface area contributed by atoms with E-state index in [1.54, 1.807) is 0 Å². The summed E-state index contributed by atoms with van der Waals surface area (Å²) in [7, 11) is 0. The van der Waals surface area contributed by atoms with Crippen LogP contribution in [0.2, 0.25) is 5.02 Å². The Morgan fingerprint density at radius 1 is 1.10 bits per heavy atom. The molecule has 1 aliphatic rings. The van der Waals surface area contributed by atoms with Gasteiger partial charge in [-0.2, -0.15) is 0 Å². The van der Waals surface area contributed by atoms with Crippen LogP contribution >= 0.6 is 11.6 Å². The summed E-state index contributed by atoms with van der Waals surface area (Å²) in [5.74, 6) is 1.99. The van der Waals surface area contributed by atoms with E-state index in [0.29, 0.717) is 0 Å². The topological polar surface area (TPSA) is 9.23 Å². The van der Waals surface area contributed by atoms with Crippen LogP contribution in [-0.2, 0) is 0 Å². The zero-order valence-corrected chi connectivity index (χ0v) is 13.4. The molecule has 1 aromatic carbocycles. The number of halogens is 1. The quantitative estimate of drug-likeness (QED) is 0.547. The molecule has 112 valence electrons. The predicted molar refractivity (Wildman–Crippen MR) is 86.7 cm³/mol. The van der Waals surface area contributed by atoms with Gasteiger partial charge in [0.1, 0.15) is 5.75 Å². The van der Waals surface area contributed by atoms with Crippen molar-refractivity contribution in [3.63, 3.8) is 0 Å². The molecule has 0 aliphatic heterocycles. The third-order valence-corrected chi connectivity index (χ3v) is 4.61. The van der Waals surface area contributed by atoms with Crippen molar-refractivity contribution in [1.29, 1.82) is 0 Å². The molecule has 0 amide bonds. The van der Waals surface area contributed by atoms with Gasteiger partial charge in [-0.05, 0) is 43.0 Å². The van der Waals surface area contributed by atoms with Gasteiger partial charge in [-0.1, -0.05) is 63.0 Å². The summed E-state index contributed by atoms with van der Waals surface area (Å²) in [5.41, 5.74) is 1.12. The fourth-order valence-electron chi connectivity index (χ4n) is 3.14. The summed E-state index contributed by atoms with van der Waals surface area (Å²) in [5, 5.41) is 0.780. The Labute approximate surface area is 128 Å². The summed E-state index contributed by atoms with van der Waals surface area (Å²) in [6.07, 6.45) is 12.6. The zero-order valence-electron chi connectivity index (χ0n) is 12.7. The lowest BCUT2D eigenvalue weighted by Crippen LogP contribution is -2.06. The van der Waals surface area contributed by atoms with Crippen molar-refractivity contribution in [3.05, 3.63) is 28.8 Å². The summed E-state index contributed by atoms with van der Waals surface area (Å²) in [6, 6.07) is 5.83. The summed E-state index contributed by atoms with van der Waals surface area (Å²) in [4.78, 5) is 0. The lowest BCUT2D eigenvalue weighted by Gasteiger charge is -2.21. The van der Waals surface area contributed by atoms with Crippen molar-refractivity contribution in [3.8, 4) is 5.75 Å². The van der Waals surface area contributed by atoms with E-state index in [4.69, 9.17) is 16.3 Å². The Bertz CT molecular complexity index is 396.